The molecule has 0 aliphatic heterocycles. The van der Waals surface area contributed by atoms with Gasteiger partial charge >= 0.3 is 0 Å². The summed E-state index contributed by atoms with van der Waals surface area (Å²) in [6.07, 6.45) is 5.36. The van der Waals surface area contributed by atoms with Crippen LogP contribution in [0.5, 0.6) is 0 Å². The van der Waals surface area contributed by atoms with Crippen molar-refractivity contribution in [2.24, 2.45) is 10.2 Å². The Labute approximate surface area is 56.0 Å². The Bertz CT molecular complexity index is 143. The van der Waals surface area contributed by atoms with Gasteiger partial charge in [0.15, 0.2) is 0 Å². The van der Waals surface area contributed by atoms with Crippen LogP contribution in [-0.4, -0.2) is 12.4 Å². The second-order valence-electron chi connectivity index (χ2n) is 1.65. The zero-order valence-electron chi connectivity index (χ0n) is 6.13. The third kappa shape index (κ3) is 4.94. The standard InChI is InChI=1S/C7H12N2/c1-4-7(3)6-9-8-5-2/h4-6H,1-3H3/b7-4+,8-5-,9-6-. The van der Waals surface area contributed by atoms with Crippen molar-refractivity contribution in [3.05, 3.63) is 11.6 Å². The van der Waals surface area contributed by atoms with Crippen molar-refractivity contribution in [3.8, 4) is 0 Å². The van der Waals surface area contributed by atoms with Gasteiger partial charge in [-0.05, 0) is 26.3 Å². The second kappa shape index (κ2) is 5.22. The predicted octanol–water partition coefficient (Wildman–Crippen LogP) is 2.03. The molecule has 0 fully saturated rings. The SMILES string of the molecule is C\C=N/N=C\C(C)=C\C. The summed E-state index contributed by atoms with van der Waals surface area (Å²) in [5.41, 5.74) is 1.13. The zero-order valence-corrected chi connectivity index (χ0v) is 6.13. The lowest BCUT2D eigenvalue weighted by Gasteiger charge is -1.81. The highest BCUT2D eigenvalue weighted by atomic mass is 15.2. The van der Waals surface area contributed by atoms with Crippen LogP contribution in [0.2, 0.25) is 0 Å². The summed E-state index contributed by atoms with van der Waals surface area (Å²) in [4.78, 5) is 0. The first kappa shape index (κ1) is 8.08. The lowest BCUT2D eigenvalue weighted by molar-refractivity contribution is 1.26. The van der Waals surface area contributed by atoms with Gasteiger partial charge in [-0.2, -0.15) is 10.2 Å². The van der Waals surface area contributed by atoms with Gasteiger partial charge in [-0.15, -0.1) is 0 Å². The maximum Gasteiger partial charge on any atom is 0.0521 e. The molecule has 2 nitrogen and oxygen atoms in total. The molecule has 0 amide bonds. The van der Waals surface area contributed by atoms with E-state index in [2.05, 4.69) is 10.2 Å². The minimum absolute atomic E-state index is 1.13. The smallest absolute Gasteiger partial charge is 0.0521 e. The third-order valence-electron chi connectivity index (χ3n) is 0.899. The van der Waals surface area contributed by atoms with Crippen LogP contribution in [0.4, 0.5) is 0 Å². The van der Waals surface area contributed by atoms with E-state index in [1.54, 1.807) is 12.4 Å². The van der Waals surface area contributed by atoms with Crippen LogP contribution in [0.15, 0.2) is 21.9 Å². The van der Waals surface area contributed by atoms with Gasteiger partial charge in [-0.1, -0.05) is 6.08 Å². The van der Waals surface area contributed by atoms with Gasteiger partial charge in [0.25, 0.3) is 0 Å². The molecule has 0 spiro atoms. The molecule has 0 saturated carbocycles. The summed E-state index contributed by atoms with van der Waals surface area (Å²) in [6.45, 7) is 5.79. The van der Waals surface area contributed by atoms with Gasteiger partial charge in [-0.25, -0.2) is 0 Å². The molecule has 2 heteroatoms. The Morgan fingerprint density at radius 3 is 2.33 bits per heavy atom. The van der Waals surface area contributed by atoms with E-state index >= 15 is 0 Å². The molecule has 0 aliphatic carbocycles. The summed E-state index contributed by atoms with van der Waals surface area (Å²) < 4.78 is 0. The fourth-order valence-corrected chi connectivity index (χ4v) is 0.266. The molecule has 50 valence electrons. The summed E-state index contributed by atoms with van der Waals surface area (Å²) in [5.74, 6) is 0. The van der Waals surface area contributed by atoms with Crippen LogP contribution >= 0.6 is 0 Å². The average molecular weight is 124 g/mol. The Balaban J connectivity index is 3.71. The molecule has 0 N–H and O–H groups in total. The van der Waals surface area contributed by atoms with Crippen molar-refractivity contribution < 1.29 is 0 Å². The lowest BCUT2D eigenvalue weighted by Crippen LogP contribution is -1.73. The van der Waals surface area contributed by atoms with Gasteiger partial charge in [-0.3, -0.25) is 0 Å². The summed E-state index contributed by atoms with van der Waals surface area (Å²) >= 11 is 0. The topological polar surface area (TPSA) is 24.7 Å². The molecular weight excluding hydrogens is 112 g/mol. The first-order chi connectivity index (χ1) is 4.31. The maximum atomic E-state index is 3.74. The lowest BCUT2D eigenvalue weighted by atomic mass is 10.3. The molecular formula is C7H12N2. The second-order valence-corrected chi connectivity index (χ2v) is 1.65. The molecule has 0 unspecified atom stereocenters. The quantitative estimate of drug-likeness (QED) is 0.397. The summed E-state index contributed by atoms with van der Waals surface area (Å²) in [5, 5.41) is 7.40. The minimum Gasteiger partial charge on any atom is -0.164 e. The van der Waals surface area contributed by atoms with Crippen LogP contribution in [0.25, 0.3) is 0 Å². The molecule has 9 heavy (non-hydrogen) atoms. The number of nitrogens with zero attached hydrogens (tertiary/aromatic N) is 2. The monoisotopic (exact) mass is 124 g/mol. The fourth-order valence-electron chi connectivity index (χ4n) is 0.266. The summed E-state index contributed by atoms with van der Waals surface area (Å²) in [7, 11) is 0. The normalized spacial score (nSPS) is 13.9. The van der Waals surface area contributed by atoms with E-state index in [4.69, 9.17) is 0 Å². The van der Waals surface area contributed by atoms with E-state index in [0.29, 0.717) is 0 Å². The largest absolute Gasteiger partial charge is 0.164 e. The highest BCUT2D eigenvalue weighted by Gasteiger charge is 1.73. The highest BCUT2D eigenvalue weighted by molar-refractivity contribution is 5.77. The summed E-state index contributed by atoms with van der Waals surface area (Å²) in [6, 6.07) is 0. The highest BCUT2D eigenvalue weighted by Crippen LogP contribution is 1.84. The number of allylic oxidation sites excluding steroid dienone is 2. The molecule has 0 atom stereocenters. The Kier molecular flexibility index (Phi) is 4.69. The van der Waals surface area contributed by atoms with E-state index in [1.807, 2.05) is 26.8 Å². The molecule has 0 rings (SSSR count). The molecule has 0 saturated heterocycles. The van der Waals surface area contributed by atoms with Crippen molar-refractivity contribution >= 4 is 12.4 Å². The molecule has 0 aromatic carbocycles. The fraction of sp³-hybridized carbons (Fsp3) is 0.429. The Hall–Kier alpha value is -0.920. The van der Waals surface area contributed by atoms with Crippen LogP contribution in [0.1, 0.15) is 20.8 Å². The van der Waals surface area contributed by atoms with Crippen LogP contribution in [0, 0.1) is 0 Å². The Morgan fingerprint density at radius 2 is 1.89 bits per heavy atom. The van der Waals surface area contributed by atoms with E-state index in [1.165, 1.54) is 0 Å². The minimum atomic E-state index is 1.13. The zero-order chi connectivity index (χ0) is 7.11. The van der Waals surface area contributed by atoms with Crippen molar-refractivity contribution in [2.45, 2.75) is 20.8 Å². The third-order valence-corrected chi connectivity index (χ3v) is 0.899. The van der Waals surface area contributed by atoms with Gasteiger partial charge in [0.05, 0.1) is 6.21 Å². The van der Waals surface area contributed by atoms with E-state index < -0.39 is 0 Å². The maximum absolute atomic E-state index is 3.74. The van der Waals surface area contributed by atoms with E-state index in [-0.39, 0.29) is 0 Å². The van der Waals surface area contributed by atoms with E-state index in [9.17, 15) is 0 Å². The van der Waals surface area contributed by atoms with Crippen LogP contribution in [-0.2, 0) is 0 Å². The van der Waals surface area contributed by atoms with Gasteiger partial charge in [0.2, 0.25) is 0 Å². The molecule has 0 aromatic heterocycles. The number of hydrogen-bond acceptors (Lipinski definition) is 2. The van der Waals surface area contributed by atoms with Crippen LogP contribution in [0.3, 0.4) is 0 Å². The Morgan fingerprint density at radius 1 is 1.22 bits per heavy atom. The predicted molar refractivity (Wildman–Crippen MR) is 42.1 cm³/mol. The number of rotatable bonds is 2. The molecule has 0 aliphatic rings. The van der Waals surface area contributed by atoms with E-state index in [0.717, 1.165) is 5.57 Å². The van der Waals surface area contributed by atoms with Crippen molar-refractivity contribution in [3.63, 3.8) is 0 Å². The van der Waals surface area contributed by atoms with Crippen LogP contribution < -0.4 is 0 Å². The first-order valence-electron chi connectivity index (χ1n) is 2.95. The van der Waals surface area contributed by atoms with Crippen molar-refractivity contribution in [1.29, 1.82) is 0 Å². The van der Waals surface area contributed by atoms with Gasteiger partial charge < -0.3 is 0 Å². The van der Waals surface area contributed by atoms with Gasteiger partial charge in [0, 0.05) is 6.21 Å². The molecule has 0 radical (unpaired) electrons. The molecule has 0 aromatic rings. The van der Waals surface area contributed by atoms with Crippen molar-refractivity contribution in [2.75, 3.05) is 0 Å². The average Bonchev–Trinajstić information content (AvgIpc) is 1.89. The number of hydrogen-bond donors (Lipinski definition) is 0. The van der Waals surface area contributed by atoms with Gasteiger partial charge in [0.1, 0.15) is 0 Å². The molecule has 0 heterocycles. The molecule has 0 bridgehead atoms. The van der Waals surface area contributed by atoms with Crippen molar-refractivity contribution in [1.82, 2.24) is 0 Å². The first-order valence-corrected chi connectivity index (χ1v) is 2.95.